The normalized spacial score (nSPS) is 11.3. The van der Waals surface area contributed by atoms with E-state index in [0.717, 1.165) is 0 Å². The highest BCUT2D eigenvalue weighted by Crippen LogP contribution is 2.36. The molecule has 1 N–H and O–H groups in total. The van der Waals surface area contributed by atoms with Gasteiger partial charge in [-0.1, -0.05) is 34.8 Å². The molecule has 0 saturated heterocycles. The number of anilines is 1. The molecule has 0 bridgehead atoms. The Morgan fingerprint density at radius 2 is 1.80 bits per heavy atom. The maximum Gasteiger partial charge on any atom is 0.269 e. The number of hydrazone groups is 1. The number of aromatic carboxylic acids is 1. The molecule has 8 nitrogen and oxygen atoms in total. The monoisotopic (exact) mass is 401 g/mol. The second kappa shape index (κ2) is 7.64. The molecule has 0 spiro atoms. The summed E-state index contributed by atoms with van der Waals surface area (Å²) in [7, 11) is 0. The highest BCUT2D eigenvalue weighted by Gasteiger charge is 2.17. The van der Waals surface area contributed by atoms with Gasteiger partial charge in [0.05, 0.1) is 27.3 Å². The SMILES string of the molecule is C/C(=N/Nc1c(Cl)c(Cl)nc(C(=O)[O-])c1Cl)c1ccc([N+](=O)[O-])cc1. The summed E-state index contributed by atoms with van der Waals surface area (Å²) < 4.78 is 0. The van der Waals surface area contributed by atoms with Crippen molar-refractivity contribution >= 4 is 57.9 Å². The molecule has 2 aromatic rings. The molecular weight excluding hydrogens is 395 g/mol. The van der Waals surface area contributed by atoms with Gasteiger partial charge in [0.2, 0.25) is 0 Å². The molecule has 0 aliphatic rings. The van der Waals surface area contributed by atoms with Crippen molar-refractivity contribution in [3.05, 3.63) is 60.8 Å². The number of carboxylic acid groups (broad SMARTS) is 1. The number of carbonyl (C=O) groups is 1. The lowest BCUT2D eigenvalue weighted by Crippen LogP contribution is -2.24. The Morgan fingerprint density at radius 1 is 1.20 bits per heavy atom. The summed E-state index contributed by atoms with van der Waals surface area (Å²) in [5.74, 6) is -1.62. The zero-order valence-electron chi connectivity index (χ0n) is 12.4. The third-order valence-corrected chi connectivity index (χ3v) is 4.17. The van der Waals surface area contributed by atoms with E-state index in [0.29, 0.717) is 11.3 Å². The summed E-state index contributed by atoms with van der Waals surface area (Å²) in [5.41, 5.74) is 2.86. The lowest BCUT2D eigenvalue weighted by molar-refractivity contribution is -0.384. The second-order valence-electron chi connectivity index (χ2n) is 4.65. The van der Waals surface area contributed by atoms with E-state index < -0.39 is 16.6 Å². The first-order valence-electron chi connectivity index (χ1n) is 6.53. The number of nitro benzene ring substituents is 1. The molecule has 0 atom stereocenters. The molecule has 2 rings (SSSR count). The van der Waals surface area contributed by atoms with Crippen LogP contribution in [0.5, 0.6) is 0 Å². The second-order valence-corrected chi connectivity index (χ2v) is 5.77. The maximum absolute atomic E-state index is 11.0. The molecule has 1 aromatic carbocycles. The van der Waals surface area contributed by atoms with Crippen molar-refractivity contribution in [2.24, 2.45) is 5.10 Å². The first-order chi connectivity index (χ1) is 11.7. The number of pyridine rings is 1. The topological polar surface area (TPSA) is 121 Å². The van der Waals surface area contributed by atoms with Gasteiger partial charge in [-0.3, -0.25) is 15.5 Å². The lowest BCUT2D eigenvalue weighted by atomic mass is 10.1. The molecule has 1 heterocycles. The zero-order valence-corrected chi connectivity index (χ0v) is 14.7. The van der Waals surface area contributed by atoms with Crippen LogP contribution in [-0.2, 0) is 0 Å². The van der Waals surface area contributed by atoms with Gasteiger partial charge in [0.25, 0.3) is 5.69 Å². The summed E-state index contributed by atoms with van der Waals surface area (Å²) in [5, 5.41) is 25.0. The maximum atomic E-state index is 11.0. The van der Waals surface area contributed by atoms with Gasteiger partial charge in [-0.2, -0.15) is 5.10 Å². The smallest absolute Gasteiger partial charge is 0.269 e. The summed E-state index contributed by atoms with van der Waals surface area (Å²) in [6.45, 7) is 1.62. The van der Waals surface area contributed by atoms with E-state index in [9.17, 15) is 20.0 Å². The number of rotatable bonds is 5. The van der Waals surface area contributed by atoms with Crippen LogP contribution in [0.1, 0.15) is 23.0 Å². The number of aromatic nitrogens is 1. The summed E-state index contributed by atoms with van der Waals surface area (Å²) in [6.07, 6.45) is 0. The van der Waals surface area contributed by atoms with Crippen LogP contribution in [0, 0.1) is 10.1 Å². The van der Waals surface area contributed by atoms with Crippen LogP contribution in [0.3, 0.4) is 0 Å². The van der Waals surface area contributed by atoms with Crippen molar-refractivity contribution in [1.82, 2.24) is 4.98 Å². The number of hydrogen-bond donors (Lipinski definition) is 1. The average Bonchev–Trinajstić information content (AvgIpc) is 2.57. The van der Waals surface area contributed by atoms with Gasteiger partial charge in [-0.15, -0.1) is 0 Å². The third kappa shape index (κ3) is 4.16. The molecule has 0 aliphatic carbocycles. The fourth-order valence-electron chi connectivity index (χ4n) is 1.78. The number of nitrogens with one attached hydrogen (secondary N) is 1. The van der Waals surface area contributed by atoms with Gasteiger partial charge in [-0.05, 0) is 24.6 Å². The van der Waals surface area contributed by atoms with E-state index in [1.165, 1.54) is 24.3 Å². The Labute approximate surface area is 156 Å². The van der Waals surface area contributed by atoms with Crippen molar-refractivity contribution in [2.45, 2.75) is 6.92 Å². The minimum absolute atomic E-state index is 0.0520. The highest BCUT2D eigenvalue weighted by molar-refractivity contribution is 6.46. The first kappa shape index (κ1) is 18.9. The Balaban J connectivity index is 2.34. The van der Waals surface area contributed by atoms with Crippen LogP contribution in [0.15, 0.2) is 29.4 Å². The van der Waals surface area contributed by atoms with Gasteiger partial charge in [0.15, 0.2) is 5.15 Å². The molecule has 0 radical (unpaired) electrons. The van der Waals surface area contributed by atoms with Crippen molar-refractivity contribution < 1.29 is 14.8 Å². The summed E-state index contributed by atoms with van der Waals surface area (Å²) in [4.78, 5) is 24.7. The van der Waals surface area contributed by atoms with Crippen LogP contribution in [0.25, 0.3) is 0 Å². The summed E-state index contributed by atoms with van der Waals surface area (Å²) >= 11 is 17.7. The van der Waals surface area contributed by atoms with Crippen molar-refractivity contribution in [3.63, 3.8) is 0 Å². The molecule has 0 fully saturated rings. The van der Waals surface area contributed by atoms with Crippen LogP contribution < -0.4 is 10.5 Å². The molecular formula is C14H8Cl3N4O4-. The summed E-state index contributed by atoms with van der Waals surface area (Å²) in [6, 6.07) is 5.67. The molecule has 0 amide bonds. The van der Waals surface area contributed by atoms with Gasteiger partial charge >= 0.3 is 0 Å². The lowest BCUT2D eigenvalue weighted by Gasteiger charge is -2.12. The highest BCUT2D eigenvalue weighted by atomic mass is 35.5. The number of non-ortho nitro benzene ring substituents is 1. The van der Waals surface area contributed by atoms with Crippen molar-refractivity contribution in [3.8, 4) is 0 Å². The zero-order chi connectivity index (χ0) is 18.7. The predicted octanol–water partition coefficient (Wildman–Crippen LogP) is 3.15. The Bertz CT molecular complexity index is 885. The number of carbonyl (C=O) groups excluding carboxylic acids is 1. The van der Waals surface area contributed by atoms with E-state index in [1.54, 1.807) is 6.92 Å². The van der Waals surface area contributed by atoms with E-state index in [4.69, 9.17) is 34.8 Å². The minimum atomic E-state index is -1.62. The van der Waals surface area contributed by atoms with Crippen LogP contribution in [0.2, 0.25) is 15.2 Å². The molecule has 11 heteroatoms. The third-order valence-electron chi connectivity index (χ3n) is 3.06. The number of benzene rings is 1. The quantitative estimate of drug-likeness (QED) is 0.355. The standard InChI is InChI=1S/C14H9Cl3N4O4/c1-6(7-2-4-8(5-3-7)21(24)25)19-20-11-9(15)12(14(22)23)18-13(17)10(11)16/h2-5H,1H3,(H,18,20)(H,22,23)/p-1/b19-6-. The van der Waals surface area contributed by atoms with E-state index in [-0.39, 0.29) is 26.6 Å². The van der Waals surface area contributed by atoms with Crippen LogP contribution >= 0.6 is 34.8 Å². The number of halogens is 3. The van der Waals surface area contributed by atoms with E-state index in [1.807, 2.05) is 0 Å². The Hall–Kier alpha value is -2.42. The largest absolute Gasteiger partial charge is 0.543 e. The molecule has 25 heavy (non-hydrogen) atoms. The van der Waals surface area contributed by atoms with Crippen LogP contribution in [-0.4, -0.2) is 21.6 Å². The van der Waals surface area contributed by atoms with Gasteiger partial charge in [0.1, 0.15) is 10.7 Å². The van der Waals surface area contributed by atoms with E-state index in [2.05, 4.69) is 15.5 Å². The fraction of sp³-hybridized carbons (Fsp3) is 0.0714. The van der Waals surface area contributed by atoms with Crippen molar-refractivity contribution in [2.75, 3.05) is 5.43 Å². The molecule has 1 aromatic heterocycles. The number of nitrogens with zero attached hydrogens (tertiary/aromatic N) is 3. The molecule has 0 unspecified atom stereocenters. The van der Waals surface area contributed by atoms with Gasteiger partial charge in [0, 0.05) is 12.1 Å². The average molecular weight is 403 g/mol. The molecule has 0 saturated carbocycles. The molecule has 0 aliphatic heterocycles. The fourth-order valence-corrected chi connectivity index (χ4v) is 2.44. The number of carboxylic acids is 1. The van der Waals surface area contributed by atoms with Crippen LogP contribution in [0.4, 0.5) is 11.4 Å². The predicted molar refractivity (Wildman–Crippen MR) is 92.5 cm³/mol. The molecule has 130 valence electrons. The van der Waals surface area contributed by atoms with Gasteiger partial charge in [-0.25, -0.2) is 4.98 Å². The minimum Gasteiger partial charge on any atom is -0.543 e. The number of hydrogen-bond acceptors (Lipinski definition) is 7. The van der Waals surface area contributed by atoms with Crippen molar-refractivity contribution in [1.29, 1.82) is 0 Å². The Morgan fingerprint density at radius 3 is 2.32 bits per heavy atom. The first-order valence-corrected chi connectivity index (χ1v) is 7.66. The number of nitro groups is 1. The van der Waals surface area contributed by atoms with Gasteiger partial charge < -0.3 is 9.90 Å². The Kier molecular flexibility index (Phi) is 5.78. The van der Waals surface area contributed by atoms with E-state index >= 15 is 0 Å².